The average Bonchev–Trinajstić information content (AvgIpc) is 3.39. The van der Waals surface area contributed by atoms with Gasteiger partial charge in [-0.25, -0.2) is 9.18 Å². The number of benzene rings is 1. The lowest BCUT2D eigenvalue weighted by Gasteiger charge is -2.17. The molecule has 1 saturated carbocycles. The molecule has 1 aromatic carbocycles. The molecule has 2 aromatic rings. The van der Waals surface area contributed by atoms with Gasteiger partial charge in [-0.15, -0.1) is 0 Å². The average molecular weight is 376 g/mol. The highest BCUT2D eigenvalue weighted by Crippen LogP contribution is 2.35. The lowest BCUT2D eigenvalue weighted by atomic mass is 10.1. The highest BCUT2D eigenvalue weighted by molar-refractivity contribution is 6.01. The second-order valence-electron chi connectivity index (χ2n) is 6.69. The van der Waals surface area contributed by atoms with Crippen molar-refractivity contribution in [1.82, 2.24) is 14.5 Å². The molecule has 144 valence electrons. The highest BCUT2D eigenvalue weighted by atomic mass is 19.1. The summed E-state index contributed by atoms with van der Waals surface area (Å²) in [4.78, 5) is 40.4. The molecule has 0 atom stereocenters. The van der Waals surface area contributed by atoms with Crippen molar-refractivity contribution in [3.63, 3.8) is 0 Å². The summed E-state index contributed by atoms with van der Waals surface area (Å²) in [7, 11) is 3.05. The molecule has 1 aliphatic carbocycles. The van der Waals surface area contributed by atoms with Crippen LogP contribution in [-0.4, -0.2) is 40.9 Å². The zero-order chi connectivity index (χ0) is 19.7. The van der Waals surface area contributed by atoms with Crippen LogP contribution < -0.4 is 21.7 Å². The third kappa shape index (κ3) is 3.92. The van der Waals surface area contributed by atoms with Crippen LogP contribution >= 0.6 is 0 Å². The maximum absolute atomic E-state index is 13.8. The Balaban J connectivity index is 1.77. The van der Waals surface area contributed by atoms with Crippen LogP contribution in [0.1, 0.15) is 34.8 Å². The van der Waals surface area contributed by atoms with Crippen molar-refractivity contribution >= 4 is 11.6 Å². The number of aromatic amines is 1. The number of nitrogen functional groups attached to an aromatic ring is 1. The van der Waals surface area contributed by atoms with E-state index in [2.05, 4.69) is 4.98 Å². The Labute approximate surface area is 154 Å². The molecule has 9 heteroatoms. The molecule has 0 spiro atoms. The van der Waals surface area contributed by atoms with Crippen LogP contribution in [0.3, 0.4) is 0 Å². The minimum Gasteiger partial charge on any atom is -0.494 e. The fraction of sp³-hybridized carbons (Fsp3) is 0.389. The second-order valence-corrected chi connectivity index (χ2v) is 6.69. The molecule has 0 aliphatic heterocycles. The summed E-state index contributed by atoms with van der Waals surface area (Å²) in [6.45, 7) is 0.177. The molecule has 0 radical (unpaired) electrons. The standard InChI is InChI=1S/C18H21FN4O4/c1-22(8-10-3-6-14(27-2)12(19)7-10)9-13(24)15-16(20)23(11-4-5-11)18(26)21-17(15)25/h3,6-7,11H,4-5,8-9,20H2,1-2H3,(H,21,25,26). The van der Waals surface area contributed by atoms with Crippen LogP contribution in [0.5, 0.6) is 5.75 Å². The molecule has 8 nitrogen and oxygen atoms in total. The summed E-state index contributed by atoms with van der Waals surface area (Å²) in [6, 6.07) is 4.46. The van der Waals surface area contributed by atoms with E-state index in [4.69, 9.17) is 10.5 Å². The number of methoxy groups -OCH3 is 1. The number of likely N-dealkylation sites (N-methyl/N-ethyl adjacent to an activating group) is 1. The van der Waals surface area contributed by atoms with Crippen molar-refractivity contribution in [2.24, 2.45) is 0 Å². The van der Waals surface area contributed by atoms with Gasteiger partial charge in [0, 0.05) is 12.6 Å². The number of aromatic nitrogens is 2. The molecule has 1 aliphatic rings. The van der Waals surface area contributed by atoms with Crippen molar-refractivity contribution in [2.45, 2.75) is 25.4 Å². The summed E-state index contributed by atoms with van der Waals surface area (Å²) in [5, 5.41) is 0. The second kappa shape index (κ2) is 7.36. The lowest BCUT2D eigenvalue weighted by molar-refractivity contribution is 0.0941. The Morgan fingerprint density at radius 1 is 1.41 bits per heavy atom. The van der Waals surface area contributed by atoms with E-state index in [0.717, 1.165) is 12.8 Å². The molecule has 0 saturated heterocycles. The number of carbonyl (C=O) groups excluding carboxylic acids is 1. The molecule has 0 unspecified atom stereocenters. The van der Waals surface area contributed by atoms with E-state index >= 15 is 0 Å². The third-order valence-corrected chi connectivity index (χ3v) is 4.46. The van der Waals surface area contributed by atoms with E-state index in [1.54, 1.807) is 18.0 Å². The van der Waals surface area contributed by atoms with Gasteiger partial charge < -0.3 is 10.5 Å². The smallest absolute Gasteiger partial charge is 0.330 e. The maximum Gasteiger partial charge on any atom is 0.330 e. The van der Waals surface area contributed by atoms with Gasteiger partial charge >= 0.3 is 5.69 Å². The Hall–Kier alpha value is -2.94. The number of halogens is 1. The predicted octanol–water partition coefficient (Wildman–Crippen LogP) is 0.916. The lowest BCUT2D eigenvalue weighted by Crippen LogP contribution is -2.38. The summed E-state index contributed by atoms with van der Waals surface area (Å²) in [5.74, 6) is -0.953. The van der Waals surface area contributed by atoms with Gasteiger partial charge in [-0.05, 0) is 37.6 Å². The third-order valence-electron chi connectivity index (χ3n) is 4.46. The van der Waals surface area contributed by atoms with E-state index in [9.17, 15) is 18.8 Å². The molecule has 1 aromatic heterocycles. The molecule has 1 heterocycles. The predicted molar refractivity (Wildman–Crippen MR) is 97.6 cm³/mol. The van der Waals surface area contributed by atoms with Crippen LogP contribution in [-0.2, 0) is 6.54 Å². The van der Waals surface area contributed by atoms with Gasteiger partial charge in [-0.3, -0.25) is 24.0 Å². The number of anilines is 1. The zero-order valence-corrected chi connectivity index (χ0v) is 15.1. The molecular formula is C18H21FN4O4. The van der Waals surface area contributed by atoms with Gasteiger partial charge in [0.15, 0.2) is 17.3 Å². The number of H-pyrrole nitrogens is 1. The quantitative estimate of drug-likeness (QED) is 0.695. The van der Waals surface area contributed by atoms with Gasteiger partial charge in [-0.1, -0.05) is 6.07 Å². The van der Waals surface area contributed by atoms with Crippen molar-refractivity contribution < 1.29 is 13.9 Å². The number of hydrogen-bond donors (Lipinski definition) is 2. The summed E-state index contributed by atoms with van der Waals surface area (Å²) >= 11 is 0. The van der Waals surface area contributed by atoms with Gasteiger partial charge in [0.25, 0.3) is 5.56 Å². The first-order chi connectivity index (χ1) is 12.8. The zero-order valence-electron chi connectivity index (χ0n) is 15.1. The van der Waals surface area contributed by atoms with Gasteiger partial charge in [-0.2, -0.15) is 0 Å². The fourth-order valence-corrected chi connectivity index (χ4v) is 3.03. The Morgan fingerprint density at radius 2 is 2.11 bits per heavy atom. The fourth-order valence-electron chi connectivity index (χ4n) is 3.03. The van der Waals surface area contributed by atoms with E-state index in [1.165, 1.54) is 23.8 Å². The summed E-state index contributed by atoms with van der Waals surface area (Å²) in [6.07, 6.45) is 1.57. The summed E-state index contributed by atoms with van der Waals surface area (Å²) in [5.41, 5.74) is 4.99. The van der Waals surface area contributed by atoms with Crippen molar-refractivity contribution in [3.05, 3.63) is 56.0 Å². The number of nitrogens with zero attached hydrogens (tertiary/aromatic N) is 2. The monoisotopic (exact) mass is 376 g/mol. The molecular weight excluding hydrogens is 355 g/mol. The molecule has 0 amide bonds. The largest absolute Gasteiger partial charge is 0.494 e. The van der Waals surface area contributed by atoms with Gasteiger partial charge in [0.05, 0.1) is 13.7 Å². The number of rotatable bonds is 7. The SMILES string of the molecule is COc1ccc(CN(C)CC(=O)c2c(N)n(C3CC3)c(=O)[nH]c2=O)cc1F. The number of nitrogens with one attached hydrogen (secondary N) is 1. The molecule has 27 heavy (non-hydrogen) atoms. The Morgan fingerprint density at radius 3 is 2.70 bits per heavy atom. The normalized spacial score (nSPS) is 13.8. The number of Topliss-reactive ketones (excluding diaryl/α,β-unsaturated/α-hetero) is 1. The van der Waals surface area contributed by atoms with E-state index < -0.39 is 22.8 Å². The molecule has 3 rings (SSSR count). The Kier molecular flexibility index (Phi) is 5.13. The number of ketones is 1. The van der Waals surface area contributed by atoms with Crippen LogP contribution in [0.15, 0.2) is 27.8 Å². The maximum atomic E-state index is 13.8. The topological polar surface area (TPSA) is 110 Å². The molecule has 1 fully saturated rings. The number of hydrogen-bond acceptors (Lipinski definition) is 6. The first-order valence-corrected chi connectivity index (χ1v) is 8.50. The highest BCUT2D eigenvalue weighted by Gasteiger charge is 2.30. The van der Waals surface area contributed by atoms with Crippen LogP contribution in [0.25, 0.3) is 0 Å². The summed E-state index contributed by atoms with van der Waals surface area (Å²) < 4.78 is 19.9. The minimum absolute atomic E-state index is 0.0686. The number of carbonyl (C=O) groups is 1. The van der Waals surface area contributed by atoms with Gasteiger partial charge in [0.2, 0.25) is 0 Å². The van der Waals surface area contributed by atoms with Crippen molar-refractivity contribution in [3.8, 4) is 5.75 Å². The van der Waals surface area contributed by atoms with E-state index in [-0.39, 0.29) is 36.3 Å². The first kappa shape index (κ1) is 18.8. The number of ether oxygens (including phenoxy) is 1. The minimum atomic E-state index is -0.789. The molecule has 3 N–H and O–H groups in total. The van der Waals surface area contributed by atoms with Crippen LogP contribution in [0.2, 0.25) is 0 Å². The van der Waals surface area contributed by atoms with Crippen molar-refractivity contribution in [1.29, 1.82) is 0 Å². The van der Waals surface area contributed by atoms with Crippen LogP contribution in [0, 0.1) is 5.82 Å². The van der Waals surface area contributed by atoms with E-state index in [0.29, 0.717) is 5.56 Å². The van der Waals surface area contributed by atoms with E-state index in [1.807, 2.05) is 0 Å². The van der Waals surface area contributed by atoms with Gasteiger partial charge in [0.1, 0.15) is 11.4 Å². The number of nitrogens with two attached hydrogens (primary N) is 1. The van der Waals surface area contributed by atoms with Crippen molar-refractivity contribution in [2.75, 3.05) is 26.4 Å². The Bertz CT molecular complexity index is 994. The molecule has 0 bridgehead atoms. The van der Waals surface area contributed by atoms with Crippen LogP contribution in [0.4, 0.5) is 10.2 Å². The first-order valence-electron chi connectivity index (χ1n) is 8.50.